The van der Waals surface area contributed by atoms with E-state index in [1.807, 2.05) is 19.1 Å². The molecule has 4 aromatic rings. The number of nitrogens with zero attached hydrogens (tertiary/aromatic N) is 2. The number of hydrogen-bond donors (Lipinski definition) is 2. The number of nitrogens with one attached hydrogen (secondary N) is 1. The molecule has 1 heterocycles. The molecule has 0 spiro atoms. The number of carboxylic acids is 1. The van der Waals surface area contributed by atoms with E-state index in [9.17, 15) is 14.0 Å². The third-order valence-electron chi connectivity index (χ3n) is 6.16. The first kappa shape index (κ1) is 26.2. The lowest BCUT2D eigenvalue weighted by molar-refractivity contribution is -0.137. The third kappa shape index (κ3) is 6.68. The Hall–Kier alpha value is -3.84. The van der Waals surface area contributed by atoms with Crippen LogP contribution in [0.25, 0.3) is 22.3 Å². The van der Waals surface area contributed by atoms with Crippen LogP contribution in [0.4, 0.5) is 4.39 Å². The number of carbonyl (C=O) groups excluding carboxylic acids is 1. The molecule has 0 aliphatic rings. The molecular weight excluding hydrogens is 493 g/mol. The van der Waals surface area contributed by atoms with Crippen molar-refractivity contribution in [3.63, 3.8) is 0 Å². The Morgan fingerprint density at radius 1 is 0.973 bits per heavy atom. The number of benzene rings is 3. The summed E-state index contributed by atoms with van der Waals surface area (Å²) < 4.78 is 13.3. The Bertz CT molecular complexity index is 1410. The van der Waals surface area contributed by atoms with Gasteiger partial charge in [-0.15, -0.1) is 0 Å². The number of hydrogen-bond acceptors (Lipinski definition) is 4. The molecule has 37 heavy (non-hydrogen) atoms. The van der Waals surface area contributed by atoms with Crippen molar-refractivity contribution in [3.05, 3.63) is 94.4 Å². The molecular formula is C29H27ClFN3O3. The number of aryl methyl sites for hydroxylation is 1. The Balaban J connectivity index is 1.63. The lowest BCUT2D eigenvalue weighted by Crippen LogP contribution is -2.28. The van der Waals surface area contributed by atoms with Crippen LogP contribution in [0.2, 0.25) is 5.02 Å². The van der Waals surface area contributed by atoms with Crippen LogP contribution < -0.4 is 5.32 Å². The number of rotatable bonds is 10. The lowest BCUT2D eigenvalue weighted by Gasteiger charge is -2.18. The molecule has 0 aliphatic heterocycles. The molecule has 8 heteroatoms. The van der Waals surface area contributed by atoms with Gasteiger partial charge in [-0.25, -0.2) is 14.4 Å². The second-order valence-electron chi connectivity index (χ2n) is 8.82. The van der Waals surface area contributed by atoms with Gasteiger partial charge in [0.1, 0.15) is 5.82 Å². The molecule has 1 aromatic heterocycles. The Morgan fingerprint density at radius 3 is 2.38 bits per heavy atom. The highest BCUT2D eigenvalue weighted by atomic mass is 35.5. The zero-order valence-electron chi connectivity index (χ0n) is 20.4. The molecule has 0 bridgehead atoms. The summed E-state index contributed by atoms with van der Waals surface area (Å²) in [7, 11) is 0. The Labute approximate surface area is 219 Å². The summed E-state index contributed by atoms with van der Waals surface area (Å²) in [5.41, 5.74) is 4.79. The third-order valence-corrected chi connectivity index (χ3v) is 6.41. The van der Waals surface area contributed by atoms with Crippen molar-refractivity contribution in [1.29, 1.82) is 0 Å². The normalized spacial score (nSPS) is 11.9. The summed E-state index contributed by atoms with van der Waals surface area (Å²) in [5.74, 6) is -1.41. The fourth-order valence-electron chi connectivity index (χ4n) is 4.17. The van der Waals surface area contributed by atoms with Gasteiger partial charge in [0.15, 0.2) is 0 Å². The van der Waals surface area contributed by atoms with Gasteiger partial charge in [0.25, 0.3) is 5.91 Å². The number of aromatic nitrogens is 2. The summed E-state index contributed by atoms with van der Waals surface area (Å²) in [6.07, 6.45) is 2.46. The Kier molecular flexibility index (Phi) is 8.46. The van der Waals surface area contributed by atoms with E-state index in [0.717, 1.165) is 16.8 Å². The van der Waals surface area contributed by atoms with Gasteiger partial charge in [0.05, 0.1) is 28.5 Å². The molecule has 1 amide bonds. The summed E-state index contributed by atoms with van der Waals surface area (Å²) >= 11 is 6.06. The summed E-state index contributed by atoms with van der Waals surface area (Å²) in [6.45, 7) is 1.95. The molecule has 4 rings (SSSR count). The maximum absolute atomic E-state index is 13.3. The summed E-state index contributed by atoms with van der Waals surface area (Å²) in [5, 5.41) is 12.6. The fourth-order valence-corrected chi connectivity index (χ4v) is 4.30. The molecule has 1 atom stereocenters. The highest BCUT2D eigenvalue weighted by molar-refractivity contribution is 6.30. The van der Waals surface area contributed by atoms with Crippen LogP contribution in [0, 0.1) is 5.82 Å². The molecule has 2 N–H and O–H groups in total. The van der Waals surface area contributed by atoms with Gasteiger partial charge in [0.2, 0.25) is 0 Å². The van der Waals surface area contributed by atoms with Crippen molar-refractivity contribution in [2.24, 2.45) is 0 Å². The van der Waals surface area contributed by atoms with Crippen LogP contribution in [-0.4, -0.2) is 27.0 Å². The molecule has 190 valence electrons. The van der Waals surface area contributed by atoms with E-state index < -0.39 is 5.97 Å². The number of aliphatic carboxylic acids is 1. The Morgan fingerprint density at radius 2 is 1.70 bits per heavy atom. The number of carbonyl (C=O) groups is 2. The van der Waals surface area contributed by atoms with Gasteiger partial charge in [-0.1, -0.05) is 42.8 Å². The van der Waals surface area contributed by atoms with Crippen LogP contribution in [0.15, 0.2) is 66.7 Å². The number of amides is 1. The predicted octanol–water partition coefficient (Wildman–Crippen LogP) is 6.77. The smallest absolute Gasteiger partial charge is 0.303 e. The van der Waals surface area contributed by atoms with Crippen molar-refractivity contribution in [2.45, 2.75) is 45.1 Å². The summed E-state index contributed by atoms with van der Waals surface area (Å²) in [4.78, 5) is 33.7. The van der Waals surface area contributed by atoms with E-state index in [1.165, 1.54) is 12.1 Å². The number of unbranched alkanes of at least 4 members (excludes halogenated alkanes) is 1. The van der Waals surface area contributed by atoms with Gasteiger partial charge >= 0.3 is 5.97 Å². The van der Waals surface area contributed by atoms with Crippen molar-refractivity contribution in [1.82, 2.24) is 15.3 Å². The van der Waals surface area contributed by atoms with E-state index in [1.54, 1.807) is 42.5 Å². The highest BCUT2D eigenvalue weighted by Gasteiger charge is 2.17. The molecule has 0 saturated carbocycles. The van der Waals surface area contributed by atoms with Gasteiger partial charge in [-0.05, 0) is 73.7 Å². The average molecular weight is 520 g/mol. The minimum Gasteiger partial charge on any atom is -0.481 e. The fraction of sp³-hybridized carbons (Fsp3) is 0.241. The second kappa shape index (κ2) is 11.9. The molecule has 0 fully saturated rings. The van der Waals surface area contributed by atoms with E-state index in [4.69, 9.17) is 26.7 Å². The monoisotopic (exact) mass is 519 g/mol. The number of fused-ring (bicyclic) bond motifs is 1. The molecule has 3 aromatic carbocycles. The molecule has 0 radical (unpaired) electrons. The first-order chi connectivity index (χ1) is 17.8. The van der Waals surface area contributed by atoms with E-state index in [0.29, 0.717) is 53.0 Å². The van der Waals surface area contributed by atoms with Gasteiger partial charge in [-0.2, -0.15) is 0 Å². The largest absolute Gasteiger partial charge is 0.481 e. The van der Waals surface area contributed by atoms with Crippen LogP contribution in [0.5, 0.6) is 0 Å². The van der Waals surface area contributed by atoms with Crippen LogP contribution in [0.3, 0.4) is 0 Å². The van der Waals surface area contributed by atoms with Gasteiger partial charge in [0, 0.05) is 22.6 Å². The minimum absolute atomic E-state index is 0.0915. The zero-order chi connectivity index (χ0) is 26.4. The van der Waals surface area contributed by atoms with Crippen molar-refractivity contribution >= 4 is 34.5 Å². The van der Waals surface area contributed by atoms with Crippen molar-refractivity contribution in [2.75, 3.05) is 0 Å². The quantitative estimate of drug-likeness (QED) is 0.226. The number of halogens is 2. The first-order valence-corrected chi connectivity index (χ1v) is 12.6. The van der Waals surface area contributed by atoms with Gasteiger partial charge in [-0.3, -0.25) is 9.59 Å². The van der Waals surface area contributed by atoms with Crippen LogP contribution >= 0.6 is 11.6 Å². The van der Waals surface area contributed by atoms with Crippen molar-refractivity contribution < 1.29 is 19.1 Å². The zero-order valence-corrected chi connectivity index (χ0v) is 21.1. The lowest BCUT2D eigenvalue weighted by atomic mass is 10.0. The second-order valence-corrected chi connectivity index (χ2v) is 9.25. The molecule has 0 saturated heterocycles. The highest BCUT2D eigenvalue weighted by Crippen LogP contribution is 2.27. The SMILES string of the molecule is CC[C@H](NC(=O)c1ccc2nc(-c3ccc(Cl)cc3)c(CCCCC(=O)O)nc2c1)c1ccc(F)cc1. The molecule has 0 unspecified atom stereocenters. The maximum Gasteiger partial charge on any atom is 0.303 e. The molecule has 6 nitrogen and oxygen atoms in total. The van der Waals surface area contributed by atoms with E-state index in [2.05, 4.69) is 5.32 Å². The maximum atomic E-state index is 13.3. The average Bonchev–Trinajstić information content (AvgIpc) is 2.89. The van der Waals surface area contributed by atoms with E-state index >= 15 is 0 Å². The van der Waals surface area contributed by atoms with Crippen LogP contribution in [0.1, 0.15) is 60.3 Å². The summed E-state index contributed by atoms with van der Waals surface area (Å²) in [6, 6.07) is 18.4. The number of carboxylic acid groups (broad SMARTS) is 1. The topological polar surface area (TPSA) is 92.2 Å². The molecule has 0 aliphatic carbocycles. The van der Waals surface area contributed by atoms with E-state index in [-0.39, 0.29) is 24.2 Å². The minimum atomic E-state index is -0.829. The van der Waals surface area contributed by atoms with Gasteiger partial charge < -0.3 is 10.4 Å². The first-order valence-electron chi connectivity index (χ1n) is 12.2. The predicted molar refractivity (Wildman–Crippen MR) is 142 cm³/mol. The van der Waals surface area contributed by atoms with Crippen LogP contribution in [-0.2, 0) is 11.2 Å². The van der Waals surface area contributed by atoms with Crippen molar-refractivity contribution in [3.8, 4) is 11.3 Å². The standard InChI is InChI=1S/C29H27ClFN3O3/c1-2-23(18-9-14-22(31)15-10-18)34-29(37)20-11-16-24-26(17-20)32-25(5-3-4-6-27(35)36)28(33-24)19-7-12-21(30)13-8-19/h7-17,23H,2-6H2,1H3,(H,34,37)(H,35,36)/t23-/m0/s1.